The summed E-state index contributed by atoms with van der Waals surface area (Å²) in [6, 6.07) is 4.14. The van der Waals surface area contributed by atoms with Gasteiger partial charge in [-0.15, -0.1) is 0 Å². The maximum Gasteiger partial charge on any atom is 0.435 e. The fourth-order valence-corrected chi connectivity index (χ4v) is 7.02. The number of rotatable bonds is 10. The van der Waals surface area contributed by atoms with Crippen LogP contribution in [0.4, 0.5) is 30.7 Å². The summed E-state index contributed by atoms with van der Waals surface area (Å²) in [6.45, 7) is -0.576. The van der Waals surface area contributed by atoms with Crippen LogP contribution in [0.5, 0.6) is 0 Å². The lowest BCUT2D eigenvalue weighted by atomic mass is 9.89. The molecule has 7 rings (SSSR count). The fraction of sp³-hybridized carbons (Fsp3) is 0.324. The van der Waals surface area contributed by atoms with E-state index >= 15 is 8.78 Å². The SMILES string of the molecule is Cn1cc2c(F)c(-c3ccc(F)c4c3CCN(C(Cc3cnn(C(F)F)c3)C(=O)NC(C)(C)Cn3nc(C(F)(F)F)cc3-c3ccc(=O)n(C)c3)C4=O)ncc2n1. The van der Waals surface area contributed by atoms with Crippen LogP contribution in [0, 0.1) is 11.6 Å². The molecule has 1 aliphatic heterocycles. The molecule has 20 heteroatoms. The molecule has 0 radical (unpaired) electrons. The van der Waals surface area contributed by atoms with Gasteiger partial charge in [0.2, 0.25) is 11.5 Å². The number of aryl methyl sites for hydroxylation is 2. The number of halogens is 7. The Kier molecular flexibility index (Phi) is 9.77. The second-order valence-corrected chi connectivity index (χ2v) is 14.4. The third-order valence-electron chi connectivity index (χ3n) is 9.63. The topological polar surface area (TPSA) is 138 Å². The number of aromatic nitrogens is 8. The van der Waals surface area contributed by atoms with Gasteiger partial charge in [-0.25, -0.2) is 13.5 Å². The van der Waals surface area contributed by atoms with E-state index in [1.165, 1.54) is 66.9 Å². The van der Waals surface area contributed by atoms with E-state index in [-0.39, 0.29) is 70.5 Å². The van der Waals surface area contributed by atoms with Crippen LogP contribution in [-0.2, 0) is 44.5 Å². The lowest BCUT2D eigenvalue weighted by molar-refractivity contribution is -0.141. The largest absolute Gasteiger partial charge is 0.435 e. The zero-order chi connectivity index (χ0) is 41.1. The van der Waals surface area contributed by atoms with Gasteiger partial charge in [-0.3, -0.25) is 28.7 Å². The molecule has 0 saturated carbocycles. The first kappa shape index (κ1) is 38.9. The van der Waals surface area contributed by atoms with E-state index < -0.39 is 64.6 Å². The number of pyridine rings is 2. The fourth-order valence-electron chi connectivity index (χ4n) is 7.02. The minimum atomic E-state index is -4.84. The zero-order valence-electron chi connectivity index (χ0n) is 30.7. The molecular weight excluding hydrogens is 765 g/mol. The summed E-state index contributed by atoms with van der Waals surface area (Å²) in [6.07, 6.45) is 0.936. The van der Waals surface area contributed by atoms with E-state index in [0.29, 0.717) is 4.68 Å². The summed E-state index contributed by atoms with van der Waals surface area (Å²) in [5.41, 5.74) is -2.71. The Balaban J connectivity index is 1.23. The lowest BCUT2D eigenvalue weighted by Crippen LogP contribution is -2.58. The number of nitrogens with one attached hydrogen (secondary N) is 1. The lowest BCUT2D eigenvalue weighted by Gasteiger charge is -2.37. The van der Waals surface area contributed by atoms with Crippen LogP contribution in [0.1, 0.15) is 47.6 Å². The number of nitrogens with zero attached hydrogens (tertiary/aromatic N) is 9. The van der Waals surface area contributed by atoms with Crippen molar-refractivity contribution in [3.8, 4) is 22.5 Å². The zero-order valence-corrected chi connectivity index (χ0v) is 30.7. The molecule has 0 spiro atoms. The minimum absolute atomic E-state index is 0.0149. The van der Waals surface area contributed by atoms with E-state index in [0.717, 1.165) is 34.1 Å². The predicted molar refractivity (Wildman–Crippen MR) is 190 cm³/mol. The molecule has 6 heterocycles. The highest BCUT2D eigenvalue weighted by atomic mass is 19.4. The molecule has 0 bridgehead atoms. The maximum absolute atomic E-state index is 15.8. The van der Waals surface area contributed by atoms with Crippen molar-refractivity contribution in [3.05, 3.63) is 106 Å². The van der Waals surface area contributed by atoms with E-state index in [9.17, 15) is 36.3 Å². The Morgan fingerprint density at radius 2 is 1.74 bits per heavy atom. The average Bonchev–Trinajstić information content (AvgIpc) is 3.88. The molecular formula is C37H33F7N10O3. The van der Waals surface area contributed by atoms with Gasteiger partial charge in [0.15, 0.2) is 11.5 Å². The van der Waals surface area contributed by atoms with Crippen LogP contribution in [-0.4, -0.2) is 73.7 Å². The summed E-state index contributed by atoms with van der Waals surface area (Å²) in [5.74, 6) is -3.49. The Morgan fingerprint density at radius 3 is 2.42 bits per heavy atom. The van der Waals surface area contributed by atoms with Gasteiger partial charge in [-0.1, -0.05) is 0 Å². The summed E-state index contributed by atoms with van der Waals surface area (Å²) in [7, 11) is 3.03. The molecule has 5 aromatic heterocycles. The van der Waals surface area contributed by atoms with Crippen LogP contribution in [0.15, 0.2) is 66.1 Å². The Labute approximate surface area is 318 Å². The number of carbonyl (C=O) groups excluding carboxylic acids is 2. The third-order valence-corrected chi connectivity index (χ3v) is 9.63. The van der Waals surface area contributed by atoms with Crippen molar-refractivity contribution in [2.75, 3.05) is 6.54 Å². The molecule has 6 aromatic rings. The van der Waals surface area contributed by atoms with Crippen molar-refractivity contribution < 1.29 is 40.3 Å². The molecule has 298 valence electrons. The van der Waals surface area contributed by atoms with Crippen molar-refractivity contribution >= 4 is 22.7 Å². The predicted octanol–water partition coefficient (Wildman–Crippen LogP) is 5.29. The molecule has 1 aromatic carbocycles. The summed E-state index contributed by atoms with van der Waals surface area (Å²) in [5, 5.41) is 14.4. The number of hydrogen-bond acceptors (Lipinski definition) is 7. The summed E-state index contributed by atoms with van der Waals surface area (Å²) >= 11 is 0. The van der Waals surface area contributed by atoms with Gasteiger partial charge in [-0.2, -0.15) is 37.2 Å². The number of alkyl halides is 5. The van der Waals surface area contributed by atoms with Gasteiger partial charge in [0.1, 0.15) is 23.1 Å². The van der Waals surface area contributed by atoms with Gasteiger partial charge in [-0.05, 0) is 55.7 Å². The number of amides is 2. The van der Waals surface area contributed by atoms with E-state index in [2.05, 4.69) is 25.6 Å². The van der Waals surface area contributed by atoms with Crippen molar-refractivity contribution in [2.45, 2.75) is 57.5 Å². The van der Waals surface area contributed by atoms with Crippen LogP contribution in [0.25, 0.3) is 33.4 Å². The summed E-state index contributed by atoms with van der Waals surface area (Å²) in [4.78, 5) is 45.9. The van der Waals surface area contributed by atoms with Gasteiger partial charge in [0.05, 0.1) is 41.1 Å². The third kappa shape index (κ3) is 7.50. The second kappa shape index (κ2) is 14.3. The Bertz CT molecular complexity index is 2610. The number of benzene rings is 1. The standard InChI is InChI=1S/C37H33F7N10O3/c1-36(2,18-54-26(12-28(49-54)37(42,43)44)20-5-8-29(55)50(3)16-20)47-33(56)27(11-19-13-46-53(15-19)35(40)41)52-10-9-21-22(6-7-24(38)30(21)34(52)57)32-31(39)23-17-51(4)48-25(23)14-45-32/h5-8,12-17,27,35H,9-11,18H2,1-4H3,(H,47,56). The smallest absolute Gasteiger partial charge is 0.348 e. The Morgan fingerprint density at radius 1 is 0.982 bits per heavy atom. The van der Waals surface area contributed by atoms with Crippen molar-refractivity contribution in [3.63, 3.8) is 0 Å². The van der Waals surface area contributed by atoms with Crippen LogP contribution < -0.4 is 10.9 Å². The van der Waals surface area contributed by atoms with Crippen molar-refractivity contribution in [1.82, 2.24) is 49.1 Å². The monoisotopic (exact) mass is 798 g/mol. The first-order valence-electron chi connectivity index (χ1n) is 17.4. The van der Waals surface area contributed by atoms with Crippen molar-refractivity contribution in [2.24, 2.45) is 14.1 Å². The highest BCUT2D eigenvalue weighted by Gasteiger charge is 2.40. The normalized spacial score (nSPS) is 14.1. The molecule has 0 aliphatic carbocycles. The molecule has 13 nitrogen and oxygen atoms in total. The van der Waals surface area contributed by atoms with E-state index in [1.54, 1.807) is 7.05 Å². The number of hydrogen-bond donors (Lipinski definition) is 1. The van der Waals surface area contributed by atoms with Crippen LogP contribution in [0.3, 0.4) is 0 Å². The molecule has 0 saturated heterocycles. The Hall–Kier alpha value is -6.34. The van der Waals surface area contributed by atoms with Gasteiger partial charge in [0.25, 0.3) is 5.91 Å². The quantitative estimate of drug-likeness (QED) is 0.186. The average molecular weight is 799 g/mol. The second-order valence-electron chi connectivity index (χ2n) is 14.4. The highest BCUT2D eigenvalue weighted by molar-refractivity contribution is 6.02. The van der Waals surface area contributed by atoms with Crippen molar-refractivity contribution in [1.29, 1.82) is 0 Å². The van der Waals surface area contributed by atoms with Crippen LogP contribution >= 0.6 is 0 Å². The van der Waals surface area contributed by atoms with Crippen LogP contribution in [0.2, 0.25) is 0 Å². The molecule has 1 N–H and O–H groups in total. The molecule has 2 amide bonds. The maximum atomic E-state index is 15.8. The minimum Gasteiger partial charge on any atom is -0.348 e. The number of carbonyl (C=O) groups is 2. The first-order chi connectivity index (χ1) is 26.8. The van der Waals surface area contributed by atoms with Gasteiger partial charge < -0.3 is 14.8 Å². The number of fused-ring (bicyclic) bond motifs is 2. The highest BCUT2D eigenvalue weighted by Crippen LogP contribution is 2.36. The van der Waals surface area contributed by atoms with E-state index in [4.69, 9.17) is 0 Å². The first-order valence-corrected chi connectivity index (χ1v) is 17.4. The molecule has 1 atom stereocenters. The molecule has 57 heavy (non-hydrogen) atoms. The van der Waals surface area contributed by atoms with E-state index in [1.807, 2.05) is 0 Å². The van der Waals surface area contributed by atoms with Gasteiger partial charge in [0, 0.05) is 62.8 Å². The molecule has 0 fully saturated rings. The molecule has 1 aliphatic rings. The molecule has 1 unspecified atom stereocenters. The summed E-state index contributed by atoms with van der Waals surface area (Å²) < 4.78 is 104. The van der Waals surface area contributed by atoms with Gasteiger partial charge >= 0.3 is 12.7 Å².